The molecule has 0 radical (unpaired) electrons. The van der Waals surface area contributed by atoms with Crippen LogP contribution in [0.1, 0.15) is 17.5 Å². The highest BCUT2D eigenvalue weighted by Crippen LogP contribution is 2.35. The van der Waals surface area contributed by atoms with Crippen LogP contribution in [0.25, 0.3) is 10.9 Å². The van der Waals surface area contributed by atoms with Crippen molar-refractivity contribution in [1.82, 2.24) is 4.98 Å². The molecule has 1 fully saturated rings. The quantitative estimate of drug-likeness (QED) is 0.654. The number of aliphatic carboxylic acids is 1. The molecule has 3 heterocycles. The van der Waals surface area contributed by atoms with Gasteiger partial charge in [-0.25, -0.2) is 13.4 Å². The lowest BCUT2D eigenvalue weighted by Gasteiger charge is -2.26. The molecule has 7 nitrogen and oxygen atoms in total. The Morgan fingerprint density at radius 3 is 2.69 bits per heavy atom. The number of sulfone groups is 1. The fraction of sp³-hybridized carbons (Fsp3) is 0.333. The Hall–Kier alpha value is -3.13. The minimum atomic E-state index is -3.36. The summed E-state index contributed by atoms with van der Waals surface area (Å²) in [6.45, 7) is 3.95. The first-order valence-corrected chi connectivity index (χ1v) is 12.4. The topological polar surface area (TPSA) is 90.8 Å². The number of carboxylic acid groups (broad SMARTS) is 1. The van der Waals surface area contributed by atoms with Gasteiger partial charge in [0.1, 0.15) is 5.82 Å². The van der Waals surface area contributed by atoms with Crippen LogP contribution < -0.4 is 9.80 Å². The van der Waals surface area contributed by atoms with E-state index in [0.717, 1.165) is 27.7 Å². The summed E-state index contributed by atoms with van der Waals surface area (Å²) in [6.07, 6.45) is 0.607. The number of aromatic nitrogens is 1. The first-order valence-electron chi connectivity index (χ1n) is 10.8. The van der Waals surface area contributed by atoms with E-state index in [-0.39, 0.29) is 11.7 Å². The molecule has 1 N–H and O–H groups in total. The number of carbonyl (C=O) groups is 1. The molecule has 3 aromatic rings. The number of hydrogen-bond donors (Lipinski definition) is 1. The average molecular weight is 452 g/mol. The summed E-state index contributed by atoms with van der Waals surface area (Å²) in [4.78, 5) is 20.9. The van der Waals surface area contributed by atoms with Crippen molar-refractivity contribution < 1.29 is 18.3 Å². The molecule has 5 rings (SSSR count). The van der Waals surface area contributed by atoms with Crippen LogP contribution in [0.2, 0.25) is 0 Å². The lowest BCUT2D eigenvalue weighted by atomic mass is 10.1. The third-order valence-corrected chi connectivity index (χ3v) is 8.22. The smallest absolute Gasteiger partial charge is 0.308 e. The Labute approximate surface area is 187 Å². The normalized spacial score (nSPS) is 20.2. The predicted octanol–water partition coefficient (Wildman–Crippen LogP) is 3.25. The van der Waals surface area contributed by atoms with Crippen LogP contribution in [0.15, 0.2) is 53.4 Å². The zero-order chi connectivity index (χ0) is 22.5. The second-order valence-electron chi connectivity index (χ2n) is 8.64. The number of rotatable bonds is 3. The molecule has 0 amide bonds. The van der Waals surface area contributed by atoms with Crippen LogP contribution >= 0.6 is 0 Å². The van der Waals surface area contributed by atoms with Gasteiger partial charge in [-0.2, -0.15) is 0 Å². The fourth-order valence-electron chi connectivity index (χ4n) is 4.67. The Morgan fingerprint density at radius 1 is 1.09 bits per heavy atom. The predicted molar refractivity (Wildman–Crippen MR) is 124 cm³/mol. The molecule has 2 aliphatic heterocycles. The van der Waals surface area contributed by atoms with Crippen LogP contribution in [0.4, 0.5) is 11.5 Å². The lowest BCUT2D eigenvalue weighted by Crippen LogP contribution is -2.27. The van der Waals surface area contributed by atoms with Gasteiger partial charge in [0.2, 0.25) is 0 Å². The van der Waals surface area contributed by atoms with E-state index in [9.17, 15) is 18.3 Å². The van der Waals surface area contributed by atoms with Gasteiger partial charge in [0.15, 0.2) is 9.84 Å². The van der Waals surface area contributed by atoms with E-state index < -0.39 is 15.8 Å². The molecule has 8 heteroatoms. The highest BCUT2D eigenvalue weighted by molar-refractivity contribution is 7.91. The molecule has 2 aromatic carbocycles. The van der Waals surface area contributed by atoms with E-state index in [4.69, 9.17) is 4.98 Å². The maximum atomic E-state index is 12.8. The maximum Gasteiger partial charge on any atom is 0.308 e. The number of hydrogen-bond acceptors (Lipinski definition) is 6. The van der Waals surface area contributed by atoms with Gasteiger partial charge in [-0.05, 0) is 37.1 Å². The van der Waals surface area contributed by atoms with Crippen molar-refractivity contribution in [1.29, 1.82) is 0 Å². The molecule has 0 saturated carbocycles. The molecule has 1 unspecified atom stereocenters. The molecule has 1 saturated heterocycles. The number of pyridine rings is 1. The first-order chi connectivity index (χ1) is 15.3. The Bertz CT molecular complexity index is 1320. The van der Waals surface area contributed by atoms with Gasteiger partial charge in [0.05, 0.1) is 22.1 Å². The highest BCUT2D eigenvalue weighted by Gasteiger charge is 2.30. The minimum Gasteiger partial charge on any atom is -0.481 e. The molecule has 32 heavy (non-hydrogen) atoms. The molecule has 0 bridgehead atoms. The van der Waals surface area contributed by atoms with Crippen LogP contribution in [0.5, 0.6) is 0 Å². The van der Waals surface area contributed by atoms with Crippen molar-refractivity contribution in [2.24, 2.45) is 5.92 Å². The third kappa shape index (κ3) is 3.68. The van der Waals surface area contributed by atoms with Crippen molar-refractivity contribution in [3.8, 4) is 0 Å². The monoisotopic (exact) mass is 451 g/mol. The SMILES string of the molecule is Cc1ccc2nc(N3CCS(=O)(=O)c4ccccc4C3)cc(N3CCC(C(=O)O)C3)c2c1. The summed E-state index contributed by atoms with van der Waals surface area (Å²) < 4.78 is 25.6. The molecular weight excluding hydrogens is 426 g/mol. The van der Waals surface area contributed by atoms with Crippen LogP contribution in [-0.4, -0.2) is 49.9 Å². The Kier molecular flexibility index (Phi) is 5.04. The van der Waals surface area contributed by atoms with Crippen molar-refractivity contribution in [3.05, 3.63) is 59.7 Å². The van der Waals surface area contributed by atoms with Crippen LogP contribution in [-0.2, 0) is 21.2 Å². The van der Waals surface area contributed by atoms with E-state index in [1.165, 1.54) is 0 Å². The summed E-state index contributed by atoms with van der Waals surface area (Å²) in [5.74, 6) is -0.419. The fourth-order valence-corrected chi connectivity index (χ4v) is 6.17. The van der Waals surface area contributed by atoms with E-state index in [2.05, 4.69) is 11.0 Å². The number of anilines is 2. The third-order valence-electron chi connectivity index (χ3n) is 6.43. The van der Waals surface area contributed by atoms with Gasteiger partial charge in [-0.3, -0.25) is 4.79 Å². The Morgan fingerprint density at radius 2 is 1.91 bits per heavy atom. The number of benzene rings is 2. The summed E-state index contributed by atoms with van der Waals surface area (Å²) in [5.41, 5.74) is 3.65. The molecule has 0 aliphatic carbocycles. The summed E-state index contributed by atoms with van der Waals surface area (Å²) in [7, 11) is -3.36. The van der Waals surface area contributed by atoms with Crippen molar-refractivity contribution in [3.63, 3.8) is 0 Å². The summed E-state index contributed by atoms with van der Waals surface area (Å²) >= 11 is 0. The van der Waals surface area contributed by atoms with E-state index in [1.807, 2.05) is 42.2 Å². The van der Waals surface area contributed by atoms with Crippen LogP contribution in [0, 0.1) is 12.8 Å². The maximum absolute atomic E-state index is 12.8. The van der Waals surface area contributed by atoms with E-state index in [0.29, 0.717) is 43.3 Å². The molecule has 2 aliphatic rings. The first kappa shape index (κ1) is 20.8. The van der Waals surface area contributed by atoms with Crippen molar-refractivity contribution >= 4 is 38.2 Å². The van der Waals surface area contributed by atoms with E-state index >= 15 is 0 Å². The summed E-state index contributed by atoms with van der Waals surface area (Å²) in [6, 6.07) is 15.2. The Balaban J connectivity index is 1.60. The van der Waals surface area contributed by atoms with Crippen molar-refractivity contribution in [2.75, 3.05) is 35.2 Å². The second-order valence-corrected chi connectivity index (χ2v) is 10.7. The van der Waals surface area contributed by atoms with Gasteiger partial charge >= 0.3 is 5.97 Å². The van der Waals surface area contributed by atoms with Gasteiger partial charge in [-0.1, -0.05) is 29.8 Å². The van der Waals surface area contributed by atoms with Crippen molar-refractivity contribution in [2.45, 2.75) is 24.8 Å². The van der Waals surface area contributed by atoms with Gasteiger partial charge in [0, 0.05) is 43.3 Å². The minimum absolute atomic E-state index is 0.0256. The number of fused-ring (bicyclic) bond motifs is 2. The van der Waals surface area contributed by atoms with E-state index in [1.54, 1.807) is 12.1 Å². The van der Waals surface area contributed by atoms with Gasteiger partial charge in [0.25, 0.3) is 0 Å². The molecule has 1 atom stereocenters. The molecular formula is C24H25N3O4S. The zero-order valence-corrected chi connectivity index (χ0v) is 18.7. The van der Waals surface area contributed by atoms with Gasteiger partial charge in [-0.15, -0.1) is 0 Å². The lowest BCUT2D eigenvalue weighted by molar-refractivity contribution is -0.140. The highest BCUT2D eigenvalue weighted by atomic mass is 32.2. The molecule has 0 spiro atoms. The van der Waals surface area contributed by atoms with Crippen LogP contribution in [0.3, 0.4) is 0 Å². The number of aryl methyl sites for hydroxylation is 1. The number of carboxylic acids is 1. The van der Waals surface area contributed by atoms with Gasteiger partial charge < -0.3 is 14.9 Å². The second kappa shape index (κ2) is 7.78. The molecule has 166 valence electrons. The molecule has 1 aromatic heterocycles. The average Bonchev–Trinajstić information content (AvgIpc) is 3.22. The standard InChI is InChI=1S/C24H25N3O4S/c1-16-6-7-20-19(12-16)21(26-9-8-18(15-26)24(28)29)13-23(25-20)27-10-11-32(30,31)22-5-3-2-4-17(22)14-27/h2-7,12-13,18H,8-11,14-15H2,1H3,(H,28,29). The number of nitrogens with zero attached hydrogens (tertiary/aromatic N) is 3. The zero-order valence-electron chi connectivity index (χ0n) is 17.9. The summed E-state index contributed by atoms with van der Waals surface area (Å²) in [5, 5.41) is 10.5. The largest absolute Gasteiger partial charge is 0.481 e.